The van der Waals surface area contributed by atoms with Gasteiger partial charge in [-0.1, -0.05) is 29.5 Å². The average molecular weight is 413 g/mol. The Morgan fingerprint density at radius 3 is 2.79 bits per heavy atom. The van der Waals surface area contributed by atoms with Gasteiger partial charge in [0.2, 0.25) is 5.13 Å². The predicted octanol–water partition coefficient (Wildman–Crippen LogP) is 3.31. The number of hydrogen-bond acceptors (Lipinski definition) is 8. The molecule has 8 nitrogen and oxygen atoms in total. The molecule has 3 aromatic heterocycles. The zero-order valence-corrected chi connectivity index (χ0v) is 16.6. The Morgan fingerprint density at radius 1 is 1.21 bits per heavy atom. The first-order valence-electron chi connectivity index (χ1n) is 8.35. The standard InChI is InChI=1S/C18H15N5O3S2/c1-10-9-23-16(25)13(8-19-18(23)27-10)14(24)20-17-22-21-15(28-17)11(2)26-12-6-4-3-5-7-12/h3-9,11H,1-2H3,(H,20,22,24)/t11-/m0/s1. The number of carbonyl (C=O) groups excluding carboxylic acids is 1. The molecule has 10 heteroatoms. The molecule has 28 heavy (non-hydrogen) atoms. The summed E-state index contributed by atoms with van der Waals surface area (Å²) in [6.07, 6.45) is 2.62. The fraction of sp³-hybridized carbons (Fsp3) is 0.167. The van der Waals surface area contributed by atoms with Crippen LogP contribution in [0.15, 0.2) is 47.5 Å². The first-order valence-corrected chi connectivity index (χ1v) is 9.99. The van der Waals surface area contributed by atoms with Gasteiger partial charge in [0, 0.05) is 17.3 Å². The van der Waals surface area contributed by atoms with E-state index in [0.29, 0.717) is 15.7 Å². The van der Waals surface area contributed by atoms with Crippen LogP contribution in [0.25, 0.3) is 4.96 Å². The third kappa shape index (κ3) is 3.64. The number of aryl methyl sites for hydroxylation is 1. The van der Waals surface area contributed by atoms with Gasteiger partial charge in [-0.2, -0.15) is 0 Å². The maximum absolute atomic E-state index is 12.5. The number of carbonyl (C=O) groups is 1. The molecule has 0 saturated carbocycles. The van der Waals surface area contributed by atoms with Crippen LogP contribution in [-0.2, 0) is 0 Å². The lowest BCUT2D eigenvalue weighted by molar-refractivity contribution is 0.102. The smallest absolute Gasteiger partial charge is 0.271 e. The molecule has 0 spiro atoms. The van der Waals surface area contributed by atoms with Crippen molar-refractivity contribution in [1.29, 1.82) is 0 Å². The van der Waals surface area contributed by atoms with Gasteiger partial charge in [0.05, 0.1) is 0 Å². The fourth-order valence-corrected chi connectivity index (χ4v) is 4.02. The van der Waals surface area contributed by atoms with E-state index in [0.717, 1.165) is 4.88 Å². The highest BCUT2D eigenvalue weighted by atomic mass is 32.1. The van der Waals surface area contributed by atoms with Gasteiger partial charge in [0.1, 0.15) is 17.4 Å². The molecule has 0 fully saturated rings. The summed E-state index contributed by atoms with van der Waals surface area (Å²) in [5.41, 5.74) is -0.474. The number of aromatic nitrogens is 4. The topological polar surface area (TPSA) is 98.5 Å². The molecule has 1 N–H and O–H groups in total. The minimum absolute atomic E-state index is 0.0550. The van der Waals surface area contributed by atoms with Gasteiger partial charge >= 0.3 is 0 Å². The van der Waals surface area contributed by atoms with Crippen molar-refractivity contribution in [3.63, 3.8) is 0 Å². The Labute approximate surface area is 167 Å². The van der Waals surface area contributed by atoms with Crippen molar-refractivity contribution in [2.24, 2.45) is 0 Å². The van der Waals surface area contributed by atoms with Gasteiger partial charge in [-0.05, 0) is 26.0 Å². The summed E-state index contributed by atoms with van der Waals surface area (Å²) in [6.45, 7) is 3.72. The third-order valence-corrected chi connectivity index (χ3v) is 5.74. The molecule has 0 aliphatic carbocycles. The molecule has 0 aliphatic heterocycles. The zero-order valence-electron chi connectivity index (χ0n) is 14.9. The van der Waals surface area contributed by atoms with E-state index in [4.69, 9.17) is 4.74 Å². The summed E-state index contributed by atoms with van der Waals surface area (Å²) in [5.74, 6) is 0.143. The summed E-state index contributed by atoms with van der Waals surface area (Å²) in [6, 6.07) is 9.37. The summed E-state index contributed by atoms with van der Waals surface area (Å²) in [4.78, 5) is 30.7. The van der Waals surface area contributed by atoms with Crippen LogP contribution >= 0.6 is 22.7 Å². The normalized spacial score (nSPS) is 12.1. The van der Waals surface area contributed by atoms with Crippen molar-refractivity contribution in [2.45, 2.75) is 20.0 Å². The maximum atomic E-state index is 12.5. The molecule has 4 rings (SSSR count). The lowest BCUT2D eigenvalue weighted by atomic mass is 10.3. The lowest BCUT2D eigenvalue weighted by Gasteiger charge is -2.10. The van der Waals surface area contributed by atoms with E-state index < -0.39 is 11.5 Å². The Balaban J connectivity index is 1.50. The monoisotopic (exact) mass is 413 g/mol. The van der Waals surface area contributed by atoms with Crippen LogP contribution in [0.1, 0.15) is 33.3 Å². The van der Waals surface area contributed by atoms with E-state index in [1.54, 1.807) is 6.20 Å². The highest BCUT2D eigenvalue weighted by Crippen LogP contribution is 2.26. The molecule has 0 radical (unpaired) electrons. The van der Waals surface area contributed by atoms with Crippen molar-refractivity contribution >= 4 is 38.7 Å². The molecular formula is C18H15N5O3S2. The number of fused-ring (bicyclic) bond motifs is 1. The number of anilines is 1. The fourth-order valence-electron chi connectivity index (χ4n) is 2.52. The average Bonchev–Trinajstić information content (AvgIpc) is 3.29. The quantitative estimate of drug-likeness (QED) is 0.539. The Kier molecular flexibility index (Phi) is 4.88. The summed E-state index contributed by atoms with van der Waals surface area (Å²) >= 11 is 2.57. The molecule has 0 aliphatic rings. The first kappa shape index (κ1) is 18.3. The number of thiazole rings is 1. The van der Waals surface area contributed by atoms with E-state index in [-0.39, 0.29) is 16.8 Å². The second-order valence-electron chi connectivity index (χ2n) is 5.94. The van der Waals surface area contributed by atoms with E-state index >= 15 is 0 Å². The van der Waals surface area contributed by atoms with Crippen LogP contribution in [0, 0.1) is 6.92 Å². The van der Waals surface area contributed by atoms with Crippen molar-refractivity contribution in [3.8, 4) is 5.75 Å². The summed E-state index contributed by atoms with van der Waals surface area (Å²) < 4.78 is 7.18. The predicted molar refractivity (Wildman–Crippen MR) is 107 cm³/mol. The molecule has 0 saturated heterocycles. The number of rotatable bonds is 5. The summed E-state index contributed by atoms with van der Waals surface area (Å²) in [5, 5.41) is 11.5. The highest BCUT2D eigenvalue weighted by molar-refractivity contribution is 7.17. The Morgan fingerprint density at radius 2 is 2.00 bits per heavy atom. The summed E-state index contributed by atoms with van der Waals surface area (Å²) in [7, 11) is 0. The number of amides is 1. The third-order valence-electron chi connectivity index (χ3n) is 3.83. The minimum Gasteiger partial charge on any atom is -0.483 e. The first-order chi connectivity index (χ1) is 13.5. The molecule has 4 aromatic rings. The van der Waals surface area contributed by atoms with Gasteiger partial charge in [0.15, 0.2) is 9.97 Å². The maximum Gasteiger partial charge on any atom is 0.271 e. The highest BCUT2D eigenvalue weighted by Gasteiger charge is 2.18. The molecular weight excluding hydrogens is 398 g/mol. The van der Waals surface area contributed by atoms with Crippen molar-refractivity contribution < 1.29 is 9.53 Å². The lowest BCUT2D eigenvalue weighted by Crippen LogP contribution is -2.25. The zero-order chi connectivity index (χ0) is 19.7. The number of hydrogen-bond donors (Lipinski definition) is 1. The van der Waals surface area contributed by atoms with E-state index in [1.165, 1.54) is 33.3 Å². The van der Waals surface area contributed by atoms with Gasteiger partial charge in [-0.3, -0.25) is 19.3 Å². The number of benzene rings is 1. The number of nitrogens with one attached hydrogen (secondary N) is 1. The largest absolute Gasteiger partial charge is 0.483 e. The van der Waals surface area contributed by atoms with Crippen LogP contribution < -0.4 is 15.6 Å². The molecule has 3 heterocycles. The van der Waals surface area contributed by atoms with Gasteiger partial charge in [0.25, 0.3) is 11.5 Å². The van der Waals surface area contributed by atoms with Gasteiger partial charge in [-0.15, -0.1) is 21.5 Å². The molecule has 142 valence electrons. The molecule has 0 bridgehead atoms. The van der Waals surface area contributed by atoms with Gasteiger partial charge < -0.3 is 4.74 Å². The SMILES string of the molecule is Cc1cn2c(=O)c(C(=O)Nc3nnc([C@H](C)Oc4ccccc4)s3)cnc2s1. The van der Waals surface area contributed by atoms with Gasteiger partial charge in [-0.25, -0.2) is 4.98 Å². The second kappa shape index (κ2) is 7.49. The van der Waals surface area contributed by atoms with E-state index in [9.17, 15) is 9.59 Å². The second-order valence-corrected chi connectivity index (χ2v) is 8.17. The van der Waals surface area contributed by atoms with E-state index in [2.05, 4.69) is 20.5 Å². The van der Waals surface area contributed by atoms with Crippen molar-refractivity contribution in [1.82, 2.24) is 19.6 Å². The minimum atomic E-state index is -0.574. The number of ether oxygens (including phenoxy) is 1. The van der Waals surface area contributed by atoms with Crippen molar-refractivity contribution in [2.75, 3.05) is 5.32 Å². The molecule has 1 aromatic carbocycles. The Hall–Kier alpha value is -3.11. The molecule has 1 amide bonds. The molecule has 0 unspecified atom stereocenters. The number of para-hydroxylation sites is 1. The molecule has 1 atom stereocenters. The van der Waals surface area contributed by atoms with Crippen LogP contribution in [-0.4, -0.2) is 25.5 Å². The van der Waals surface area contributed by atoms with Crippen LogP contribution in [0.3, 0.4) is 0 Å². The Bertz CT molecular complexity index is 1200. The number of nitrogens with zero attached hydrogens (tertiary/aromatic N) is 4. The van der Waals surface area contributed by atoms with Crippen LogP contribution in [0.4, 0.5) is 5.13 Å². The van der Waals surface area contributed by atoms with Crippen LogP contribution in [0.2, 0.25) is 0 Å². The van der Waals surface area contributed by atoms with Crippen LogP contribution in [0.5, 0.6) is 5.75 Å². The van der Waals surface area contributed by atoms with E-state index in [1.807, 2.05) is 44.2 Å². The van der Waals surface area contributed by atoms with Crippen molar-refractivity contribution in [3.05, 3.63) is 68.5 Å².